The van der Waals surface area contributed by atoms with E-state index < -0.39 is 18.3 Å². The molecule has 1 aromatic heterocycles. The number of aromatic nitrogens is 1. The van der Waals surface area contributed by atoms with Crippen LogP contribution < -0.4 is 10.8 Å². The molecule has 5 nitrogen and oxygen atoms in total. The Balaban J connectivity index is 1.88. The van der Waals surface area contributed by atoms with Crippen molar-refractivity contribution in [1.29, 1.82) is 0 Å². The van der Waals surface area contributed by atoms with Gasteiger partial charge in [0.25, 0.3) is 5.91 Å². The van der Waals surface area contributed by atoms with Crippen LogP contribution in [0.15, 0.2) is 48.7 Å². The fourth-order valence-electron chi connectivity index (χ4n) is 2.50. The van der Waals surface area contributed by atoms with Gasteiger partial charge < -0.3 is 14.6 Å². The lowest BCUT2D eigenvalue weighted by Gasteiger charge is -2.32. The van der Waals surface area contributed by atoms with Gasteiger partial charge >= 0.3 is 7.12 Å². The monoisotopic (exact) mass is 324 g/mol. The summed E-state index contributed by atoms with van der Waals surface area (Å²) < 4.78 is 12.1. The second-order valence-corrected chi connectivity index (χ2v) is 6.84. The minimum atomic E-state index is -0.583. The molecule has 1 aliphatic rings. The number of benzene rings is 1. The molecular formula is C18H21BN2O3. The first-order valence-electron chi connectivity index (χ1n) is 7.97. The molecular weight excluding hydrogens is 303 g/mol. The maximum atomic E-state index is 12.7. The van der Waals surface area contributed by atoms with Gasteiger partial charge in [0.1, 0.15) is 5.82 Å². The molecule has 1 fully saturated rings. The van der Waals surface area contributed by atoms with Gasteiger partial charge in [-0.25, -0.2) is 4.98 Å². The number of pyridine rings is 1. The smallest absolute Gasteiger partial charge is 0.399 e. The van der Waals surface area contributed by atoms with Crippen LogP contribution >= 0.6 is 0 Å². The first-order chi connectivity index (χ1) is 11.3. The third kappa shape index (κ3) is 3.07. The number of hydrogen-bond acceptors (Lipinski definition) is 4. The number of carbonyl (C=O) groups is 1. The minimum absolute atomic E-state index is 0.237. The number of anilines is 1. The average molecular weight is 324 g/mol. The van der Waals surface area contributed by atoms with Crippen molar-refractivity contribution in [2.75, 3.05) is 5.32 Å². The average Bonchev–Trinajstić information content (AvgIpc) is 2.76. The van der Waals surface area contributed by atoms with E-state index in [1.54, 1.807) is 24.4 Å². The summed E-state index contributed by atoms with van der Waals surface area (Å²) >= 11 is 0. The molecule has 0 aliphatic carbocycles. The molecule has 1 amide bonds. The van der Waals surface area contributed by atoms with Gasteiger partial charge in [-0.05, 0) is 51.4 Å². The standard InChI is InChI=1S/C18H21BN2O3/c1-17(2)18(3,4)24-19(23-17)14-10-6-5-9-13(14)16(22)21-15-11-7-8-12-20-15/h5-12H,1-4H3,(H,20,21,22). The van der Waals surface area contributed by atoms with E-state index in [1.807, 2.05) is 52.0 Å². The summed E-state index contributed by atoms with van der Waals surface area (Å²) in [6.07, 6.45) is 1.63. The largest absolute Gasteiger partial charge is 0.495 e. The lowest BCUT2D eigenvalue weighted by atomic mass is 9.75. The van der Waals surface area contributed by atoms with Gasteiger partial charge in [-0.2, -0.15) is 0 Å². The van der Waals surface area contributed by atoms with Crippen LogP contribution in [0.5, 0.6) is 0 Å². The molecule has 1 aliphatic heterocycles. The molecule has 2 aromatic rings. The van der Waals surface area contributed by atoms with Crippen LogP contribution in [0.2, 0.25) is 0 Å². The number of nitrogens with zero attached hydrogens (tertiary/aromatic N) is 1. The summed E-state index contributed by atoms with van der Waals surface area (Å²) in [6.45, 7) is 7.96. The highest BCUT2D eigenvalue weighted by Gasteiger charge is 2.52. The van der Waals surface area contributed by atoms with Gasteiger partial charge in [0, 0.05) is 11.8 Å². The number of rotatable bonds is 3. The van der Waals surface area contributed by atoms with E-state index in [0.717, 1.165) is 0 Å². The first kappa shape index (κ1) is 16.7. The Morgan fingerprint density at radius 2 is 1.62 bits per heavy atom. The molecule has 0 bridgehead atoms. The van der Waals surface area contributed by atoms with Crippen LogP contribution in [0.3, 0.4) is 0 Å². The van der Waals surface area contributed by atoms with E-state index in [2.05, 4.69) is 10.3 Å². The second kappa shape index (κ2) is 6.04. The Hall–Kier alpha value is -2.18. The molecule has 3 rings (SSSR count). The number of nitrogens with one attached hydrogen (secondary N) is 1. The third-order valence-corrected chi connectivity index (χ3v) is 4.62. The summed E-state index contributed by atoms with van der Waals surface area (Å²) in [5.74, 6) is 0.269. The van der Waals surface area contributed by atoms with Crippen LogP contribution in [0.1, 0.15) is 38.1 Å². The lowest BCUT2D eigenvalue weighted by Crippen LogP contribution is -2.41. The van der Waals surface area contributed by atoms with Crippen LogP contribution in [0.4, 0.5) is 5.82 Å². The van der Waals surface area contributed by atoms with E-state index in [-0.39, 0.29) is 5.91 Å². The predicted octanol–water partition coefficient (Wildman–Crippen LogP) is 2.63. The molecule has 0 radical (unpaired) electrons. The zero-order chi connectivity index (χ0) is 17.4. The van der Waals surface area contributed by atoms with Gasteiger partial charge in [-0.15, -0.1) is 0 Å². The van der Waals surface area contributed by atoms with Crippen LogP contribution in [-0.2, 0) is 9.31 Å². The molecule has 0 atom stereocenters. The van der Waals surface area contributed by atoms with Crippen LogP contribution in [-0.4, -0.2) is 29.2 Å². The fourth-order valence-corrected chi connectivity index (χ4v) is 2.50. The van der Waals surface area contributed by atoms with Gasteiger partial charge in [-0.3, -0.25) is 4.79 Å². The Morgan fingerprint density at radius 1 is 1.00 bits per heavy atom. The van der Waals surface area contributed by atoms with Crippen molar-refractivity contribution >= 4 is 24.3 Å². The summed E-state index contributed by atoms with van der Waals surface area (Å²) in [4.78, 5) is 16.8. The number of carbonyl (C=O) groups excluding carboxylic acids is 1. The highest BCUT2D eigenvalue weighted by atomic mass is 16.7. The zero-order valence-corrected chi connectivity index (χ0v) is 14.4. The number of amides is 1. The van der Waals surface area contributed by atoms with E-state index in [9.17, 15) is 4.79 Å². The lowest BCUT2D eigenvalue weighted by molar-refractivity contribution is 0.00578. The van der Waals surface area contributed by atoms with Crippen molar-refractivity contribution in [3.8, 4) is 0 Å². The van der Waals surface area contributed by atoms with Crippen molar-refractivity contribution in [3.63, 3.8) is 0 Å². The molecule has 1 N–H and O–H groups in total. The molecule has 1 saturated heterocycles. The van der Waals surface area contributed by atoms with Crippen molar-refractivity contribution in [2.45, 2.75) is 38.9 Å². The molecule has 0 saturated carbocycles. The van der Waals surface area contributed by atoms with E-state index in [1.165, 1.54) is 0 Å². The molecule has 0 unspecified atom stereocenters. The Kier molecular flexibility index (Phi) is 4.19. The van der Waals surface area contributed by atoms with E-state index >= 15 is 0 Å². The summed E-state index contributed by atoms with van der Waals surface area (Å²) in [5, 5.41) is 2.80. The Morgan fingerprint density at radius 3 is 2.25 bits per heavy atom. The van der Waals surface area contributed by atoms with Gasteiger partial charge in [0.2, 0.25) is 0 Å². The summed E-state index contributed by atoms with van der Waals surface area (Å²) in [7, 11) is -0.583. The van der Waals surface area contributed by atoms with Crippen molar-refractivity contribution in [2.24, 2.45) is 0 Å². The quantitative estimate of drug-likeness (QED) is 0.882. The SMILES string of the molecule is CC1(C)OB(c2ccccc2C(=O)Nc2ccccn2)OC1(C)C. The summed E-state index contributed by atoms with van der Waals surface area (Å²) in [5.41, 5.74) is 0.316. The Bertz CT molecular complexity index is 731. The fraction of sp³-hybridized carbons (Fsp3) is 0.333. The van der Waals surface area contributed by atoms with Crippen molar-refractivity contribution in [3.05, 3.63) is 54.2 Å². The van der Waals surface area contributed by atoms with Gasteiger partial charge in [0.15, 0.2) is 0 Å². The summed E-state index contributed by atoms with van der Waals surface area (Å²) in [6, 6.07) is 12.7. The van der Waals surface area contributed by atoms with Crippen LogP contribution in [0, 0.1) is 0 Å². The normalized spacial score (nSPS) is 18.4. The van der Waals surface area contributed by atoms with E-state index in [0.29, 0.717) is 16.8 Å². The first-order valence-corrected chi connectivity index (χ1v) is 7.97. The van der Waals surface area contributed by atoms with Crippen molar-refractivity contribution in [1.82, 2.24) is 4.98 Å². The zero-order valence-electron chi connectivity index (χ0n) is 14.4. The Labute approximate surface area is 142 Å². The maximum Gasteiger partial charge on any atom is 0.495 e. The minimum Gasteiger partial charge on any atom is -0.399 e. The van der Waals surface area contributed by atoms with Gasteiger partial charge in [-0.1, -0.05) is 24.3 Å². The molecule has 0 spiro atoms. The van der Waals surface area contributed by atoms with E-state index in [4.69, 9.17) is 9.31 Å². The van der Waals surface area contributed by atoms with Crippen molar-refractivity contribution < 1.29 is 14.1 Å². The molecule has 6 heteroatoms. The van der Waals surface area contributed by atoms with Gasteiger partial charge in [0.05, 0.1) is 11.2 Å². The maximum absolute atomic E-state index is 12.7. The molecule has 124 valence electrons. The highest BCUT2D eigenvalue weighted by Crippen LogP contribution is 2.36. The second-order valence-electron chi connectivity index (χ2n) is 6.84. The topological polar surface area (TPSA) is 60.5 Å². The highest BCUT2D eigenvalue weighted by molar-refractivity contribution is 6.63. The molecule has 1 aromatic carbocycles. The molecule has 24 heavy (non-hydrogen) atoms. The predicted molar refractivity (Wildman–Crippen MR) is 94.3 cm³/mol. The molecule has 2 heterocycles. The van der Waals surface area contributed by atoms with Crippen LogP contribution in [0.25, 0.3) is 0 Å². The number of hydrogen-bond donors (Lipinski definition) is 1. The third-order valence-electron chi connectivity index (χ3n) is 4.62.